The van der Waals surface area contributed by atoms with Gasteiger partial charge in [0.05, 0.1) is 11.2 Å². The van der Waals surface area contributed by atoms with E-state index in [1.807, 2.05) is 0 Å². The van der Waals surface area contributed by atoms with E-state index in [-0.39, 0.29) is 0 Å². The third kappa shape index (κ3) is 1.63. The molecule has 0 unspecified atom stereocenters. The van der Waals surface area contributed by atoms with Crippen molar-refractivity contribution in [2.45, 2.75) is 26.8 Å². The van der Waals surface area contributed by atoms with E-state index in [0.717, 1.165) is 18.7 Å². The molecule has 0 amide bonds. The van der Waals surface area contributed by atoms with E-state index in [4.69, 9.17) is 5.73 Å². The molecule has 0 spiro atoms. The number of hydrogen-bond donors (Lipinski definition) is 1. The van der Waals surface area contributed by atoms with Crippen LogP contribution < -0.4 is 5.73 Å². The zero-order valence-corrected chi connectivity index (χ0v) is 9.33. The molecule has 3 nitrogen and oxygen atoms in total. The van der Waals surface area contributed by atoms with Crippen molar-refractivity contribution < 1.29 is 0 Å². The highest BCUT2D eigenvalue weighted by molar-refractivity contribution is 5.84. The van der Waals surface area contributed by atoms with Gasteiger partial charge in [-0.3, -0.25) is 4.68 Å². The molecule has 0 saturated carbocycles. The monoisotopic (exact) mass is 203 g/mol. The van der Waals surface area contributed by atoms with E-state index < -0.39 is 0 Å². The van der Waals surface area contributed by atoms with Crippen LogP contribution in [0.5, 0.6) is 0 Å². The Balaban J connectivity index is 2.70. The average molecular weight is 203 g/mol. The summed E-state index contributed by atoms with van der Waals surface area (Å²) in [6.45, 7) is 5.77. The Bertz CT molecular complexity index is 471. The smallest absolute Gasteiger partial charge is 0.0717 e. The maximum absolute atomic E-state index is 5.62. The highest BCUT2D eigenvalue weighted by Gasteiger charge is 2.09. The molecule has 1 aromatic carbocycles. The number of para-hydroxylation sites is 1. The topological polar surface area (TPSA) is 43.8 Å². The lowest BCUT2D eigenvalue weighted by Crippen LogP contribution is -2.05. The van der Waals surface area contributed by atoms with Crippen LogP contribution in [0.3, 0.4) is 0 Å². The van der Waals surface area contributed by atoms with Crippen LogP contribution in [0.15, 0.2) is 18.2 Å². The third-order valence-corrected chi connectivity index (χ3v) is 2.75. The molecule has 0 saturated heterocycles. The van der Waals surface area contributed by atoms with Crippen LogP contribution >= 0.6 is 0 Å². The molecule has 80 valence electrons. The van der Waals surface area contributed by atoms with E-state index in [1.165, 1.54) is 16.5 Å². The fraction of sp³-hybridized carbons (Fsp3) is 0.417. The Morgan fingerprint density at radius 2 is 2.20 bits per heavy atom. The summed E-state index contributed by atoms with van der Waals surface area (Å²) >= 11 is 0. The van der Waals surface area contributed by atoms with Gasteiger partial charge in [0.25, 0.3) is 0 Å². The summed E-state index contributed by atoms with van der Waals surface area (Å²) in [6, 6.07) is 6.36. The Morgan fingerprint density at radius 3 is 2.87 bits per heavy atom. The van der Waals surface area contributed by atoms with Crippen LogP contribution in [0.4, 0.5) is 0 Å². The minimum atomic E-state index is 0.688. The van der Waals surface area contributed by atoms with Crippen LogP contribution in [-0.2, 0) is 13.0 Å². The second kappa shape index (κ2) is 4.03. The molecule has 2 aromatic rings. The SMILES string of the molecule is CCn1nc(C)c2cccc(CCN)c21. The highest BCUT2D eigenvalue weighted by atomic mass is 15.3. The first kappa shape index (κ1) is 10.2. The quantitative estimate of drug-likeness (QED) is 0.827. The summed E-state index contributed by atoms with van der Waals surface area (Å²) < 4.78 is 2.07. The standard InChI is InChI=1S/C12H17N3/c1-3-15-12-10(7-8-13)5-4-6-11(12)9(2)14-15/h4-6H,3,7-8,13H2,1-2H3. The molecule has 0 fully saturated rings. The fourth-order valence-electron chi connectivity index (χ4n) is 2.06. The number of hydrogen-bond acceptors (Lipinski definition) is 2. The van der Waals surface area contributed by atoms with Gasteiger partial charge in [0, 0.05) is 11.9 Å². The Kier molecular flexibility index (Phi) is 2.73. The van der Waals surface area contributed by atoms with E-state index in [2.05, 4.69) is 41.8 Å². The van der Waals surface area contributed by atoms with Crippen molar-refractivity contribution >= 4 is 10.9 Å². The lowest BCUT2D eigenvalue weighted by atomic mass is 10.1. The highest BCUT2D eigenvalue weighted by Crippen LogP contribution is 2.22. The fourth-order valence-corrected chi connectivity index (χ4v) is 2.06. The van der Waals surface area contributed by atoms with Crippen LogP contribution in [0.1, 0.15) is 18.2 Å². The van der Waals surface area contributed by atoms with Crippen molar-refractivity contribution in [2.24, 2.45) is 5.73 Å². The molecule has 1 heterocycles. The summed E-state index contributed by atoms with van der Waals surface area (Å²) in [5, 5.41) is 5.78. The number of benzene rings is 1. The molecule has 0 bridgehead atoms. The van der Waals surface area contributed by atoms with Crippen molar-refractivity contribution in [3.05, 3.63) is 29.5 Å². The van der Waals surface area contributed by atoms with Gasteiger partial charge in [0.15, 0.2) is 0 Å². The van der Waals surface area contributed by atoms with Crippen LogP contribution in [0.2, 0.25) is 0 Å². The molecule has 3 heteroatoms. The Hall–Kier alpha value is -1.35. The molecule has 0 aliphatic carbocycles. The molecule has 0 atom stereocenters. The third-order valence-electron chi connectivity index (χ3n) is 2.75. The van der Waals surface area contributed by atoms with Gasteiger partial charge in [-0.15, -0.1) is 0 Å². The largest absolute Gasteiger partial charge is 0.330 e. The predicted octanol–water partition coefficient (Wildman–Crippen LogP) is 1.87. The Labute approximate surface area is 89.9 Å². The number of nitrogens with zero attached hydrogens (tertiary/aromatic N) is 2. The van der Waals surface area contributed by atoms with Gasteiger partial charge in [-0.1, -0.05) is 18.2 Å². The van der Waals surface area contributed by atoms with Crippen molar-refractivity contribution in [3.63, 3.8) is 0 Å². The molecular weight excluding hydrogens is 186 g/mol. The zero-order chi connectivity index (χ0) is 10.8. The summed E-state index contributed by atoms with van der Waals surface area (Å²) in [7, 11) is 0. The lowest BCUT2D eigenvalue weighted by Gasteiger charge is -2.04. The van der Waals surface area contributed by atoms with Gasteiger partial charge in [0.2, 0.25) is 0 Å². The number of aryl methyl sites for hydroxylation is 2. The zero-order valence-electron chi connectivity index (χ0n) is 9.33. The second-order valence-electron chi connectivity index (χ2n) is 3.75. The van der Waals surface area contributed by atoms with Gasteiger partial charge < -0.3 is 5.73 Å². The molecule has 2 N–H and O–H groups in total. The first-order chi connectivity index (χ1) is 7.27. The maximum Gasteiger partial charge on any atom is 0.0717 e. The predicted molar refractivity (Wildman–Crippen MR) is 62.9 cm³/mol. The summed E-state index contributed by atoms with van der Waals surface area (Å²) in [4.78, 5) is 0. The van der Waals surface area contributed by atoms with Crippen molar-refractivity contribution in [1.82, 2.24) is 9.78 Å². The van der Waals surface area contributed by atoms with Gasteiger partial charge in [-0.2, -0.15) is 5.10 Å². The van der Waals surface area contributed by atoms with E-state index >= 15 is 0 Å². The molecule has 0 radical (unpaired) electrons. The van der Waals surface area contributed by atoms with Crippen LogP contribution in [0.25, 0.3) is 10.9 Å². The van der Waals surface area contributed by atoms with E-state index in [9.17, 15) is 0 Å². The average Bonchev–Trinajstić information content (AvgIpc) is 2.58. The molecule has 15 heavy (non-hydrogen) atoms. The maximum atomic E-state index is 5.62. The Morgan fingerprint density at radius 1 is 1.40 bits per heavy atom. The summed E-state index contributed by atoms with van der Waals surface area (Å²) in [5.74, 6) is 0. The number of fused-ring (bicyclic) bond motifs is 1. The first-order valence-electron chi connectivity index (χ1n) is 5.43. The van der Waals surface area contributed by atoms with Gasteiger partial charge >= 0.3 is 0 Å². The number of nitrogens with two attached hydrogens (primary N) is 1. The first-order valence-corrected chi connectivity index (χ1v) is 5.43. The minimum Gasteiger partial charge on any atom is -0.330 e. The normalized spacial score (nSPS) is 11.1. The molecule has 0 aliphatic rings. The van der Waals surface area contributed by atoms with Gasteiger partial charge in [-0.05, 0) is 32.4 Å². The lowest BCUT2D eigenvalue weighted by molar-refractivity contribution is 0.673. The second-order valence-corrected chi connectivity index (χ2v) is 3.75. The summed E-state index contributed by atoms with van der Waals surface area (Å²) in [6.07, 6.45) is 0.919. The molecule has 0 aliphatic heterocycles. The minimum absolute atomic E-state index is 0.688. The molecular formula is C12H17N3. The van der Waals surface area contributed by atoms with E-state index in [0.29, 0.717) is 6.54 Å². The van der Waals surface area contributed by atoms with Crippen molar-refractivity contribution in [3.8, 4) is 0 Å². The molecule has 1 aromatic heterocycles. The van der Waals surface area contributed by atoms with Crippen LogP contribution in [-0.4, -0.2) is 16.3 Å². The van der Waals surface area contributed by atoms with Gasteiger partial charge in [0.1, 0.15) is 0 Å². The van der Waals surface area contributed by atoms with Crippen LogP contribution in [0, 0.1) is 6.92 Å². The number of aromatic nitrogens is 2. The van der Waals surface area contributed by atoms with Gasteiger partial charge in [-0.25, -0.2) is 0 Å². The van der Waals surface area contributed by atoms with Crippen molar-refractivity contribution in [2.75, 3.05) is 6.54 Å². The van der Waals surface area contributed by atoms with E-state index in [1.54, 1.807) is 0 Å². The molecule has 2 rings (SSSR count). The van der Waals surface area contributed by atoms with Crippen molar-refractivity contribution in [1.29, 1.82) is 0 Å². The number of rotatable bonds is 3. The summed E-state index contributed by atoms with van der Waals surface area (Å²) in [5.41, 5.74) is 9.28.